The molecule has 0 radical (unpaired) electrons. The van der Waals surface area contributed by atoms with Gasteiger partial charge >= 0.3 is 0 Å². The van der Waals surface area contributed by atoms with Crippen LogP contribution in [0, 0.1) is 17.0 Å². The predicted molar refractivity (Wildman–Crippen MR) is 90.7 cm³/mol. The lowest BCUT2D eigenvalue weighted by Crippen LogP contribution is -1.89. The molecule has 0 aromatic heterocycles. The summed E-state index contributed by atoms with van der Waals surface area (Å²) in [5.41, 5.74) is 1.99. The summed E-state index contributed by atoms with van der Waals surface area (Å²) in [5, 5.41) is 22.8. The molecule has 5 nitrogen and oxygen atoms in total. The van der Waals surface area contributed by atoms with Crippen LogP contribution in [0.2, 0.25) is 0 Å². The molecular weight excluding hydrogens is 292 g/mol. The van der Waals surface area contributed by atoms with E-state index in [1.807, 2.05) is 30.3 Å². The lowest BCUT2D eigenvalue weighted by Gasteiger charge is -2.05. The highest BCUT2D eigenvalue weighted by Crippen LogP contribution is 2.28. The quantitative estimate of drug-likeness (QED) is 0.439. The van der Waals surface area contributed by atoms with Crippen molar-refractivity contribution >= 4 is 28.4 Å². The second-order valence-corrected chi connectivity index (χ2v) is 5.21. The van der Waals surface area contributed by atoms with Crippen LogP contribution in [0.4, 0.5) is 11.4 Å². The van der Waals surface area contributed by atoms with E-state index in [4.69, 9.17) is 0 Å². The van der Waals surface area contributed by atoms with E-state index in [9.17, 15) is 15.2 Å². The number of nitro groups is 1. The molecule has 0 saturated carbocycles. The first kappa shape index (κ1) is 14.7. The molecule has 3 rings (SSSR count). The van der Waals surface area contributed by atoms with Gasteiger partial charge in [0.1, 0.15) is 5.75 Å². The minimum absolute atomic E-state index is 0.0365. The number of non-ortho nitro benzene ring substituents is 1. The standard InChI is InChI=1S/C18H14N2O3/c1-12-10-14(20(22)23)7-8-17(12)19-11-16-15-5-3-2-4-13(15)6-9-18(16)21/h2-11,21H,1H3. The number of benzene rings is 3. The average Bonchev–Trinajstić information content (AvgIpc) is 2.55. The summed E-state index contributed by atoms with van der Waals surface area (Å²) in [6, 6.07) is 15.7. The van der Waals surface area contributed by atoms with Gasteiger partial charge in [-0.25, -0.2) is 0 Å². The molecule has 0 saturated heterocycles. The lowest BCUT2D eigenvalue weighted by atomic mass is 10.0. The number of aryl methyl sites for hydroxylation is 1. The number of aromatic hydroxyl groups is 1. The van der Waals surface area contributed by atoms with Gasteiger partial charge in [0.15, 0.2) is 0 Å². The minimum Gasteiger partial charge on any atom is -0.507 e. The molecule has 23 heavy (non-hydrogen) atoms. The normalized spacial score (nSPS) is 11.2. The second kappa shape index (κ2) is 5.88. The zero-order valence-electron chi connectivity index (χ0n) is 12.4. The van der Waals surface area contributed by atoms with Gasteiger partial charge in [0.2, 0.25) is 0 Å². The number of phenolic OH excluding ortho intramolecular Hbond substituents is 1. The van der Waals surface area contributed by atoms with Crippen LogP contribution < -0.4 is 0 Å². The number of fused-ring (bicyclic) bond motifs is 1. The van der Waals surface area contributed by atoms with Crippen molar-refractivity contribution in [1.82, 2.24) is 0 Å². The van der Waals surface area contributed by atoms with Crippen molar-refractivity contribution in [3.63, 3.8) is 0 Å². The first-order chi connectivity index (χ1) is 11.1. The van der Waals surface area contributed by atoms with Crippen LogP contribution in [0.1, 0.15) is 11.1 Å². The summed E-state index contributed by atoms with van der Waals surface area (Å²) < 4.78 is 0. The van der Waals surface area contributed by atoms with Gasteiger partial charge in [0.05, 0.1) is 10.6 Å². The summed E-state index contributed by atoms with van der Waals surface area (Å²) in [6.45, 7) is 1.77. The molecule has 0 aliphatic rings. The number of hydrogen-bond donors (Lipinski definition) is 1. The molecule has 3 aromatic carbocycles. The van der Waals surface area contributed by atoms with Gasteiger partial charge in [-0.15, -0.1) is 0 Å². The summed E-state index contributed by atoms with van der Waals surface area (Å²) in [6.07, 6.45) is 1.59. The lowest BCUT2D eigenvalue weighted by molar-refractivity contribution is -0.384. The number of aliphatic imine (C=N–C) groups is 1. The van der Waals surface area contributed by atoms with Crippen LogP contribution in [0.15, 0.2) is 59.6 Å². The first-order valence-electron chi connectivity index (χ1n) is 7.06. The fourth-order valence-electron chi connectivity index (χ4n) is 2.45. The molecule has 5 heteroatoms. The molecule has 0 aliphatic carbocycles. The minimum atomic E-state index is -0.434. The molecule has 0 spiro atoms. The van der Waals surface area contributed by atoms with Crippen LogP contribution in [0.3, 0.4) is 0 Å². The van der Waals surface area contributed by atoms with Crippen LogP contribution in [0.25, 0.3) is 10.8 Å². The van der Waals surface area contributed by atoms with Crippen molar-refractivity contribution < 1.29 is 10.0 Å². The predicted octanol–water partition coefficient (Wildman–Crippen LogP) is 4.51. The monoisotopic (exact) mass is 306 g/mol. The van der Waals surface area contributed by atoms with Gasteiger partial charge in [-0.3, -0.25) is 15.1 Å². The van der Waals surface area contributed by atoms with Gasteiger partial charge in [0, 0.05) is 23.9 Å². The van der Waals surface area contributed by atoms with Gasteiger partial charge in [-0.05, 0) is 35.4 Å². The maximum Gasteiger partial charge on any atom is 0.269 e. The Morgan fingerprint density at radius 2 is 1.91 bits per heavy atom. The largest absolute Gasteiger partial charge is 0.507 e. The first-order valence-corrected chi connectivity index (χ1v) is 7.06. The van der Waals surface area contributed by atoms with E-state index in [0.717, 1.165) is 10.8 Å². The van der Waals surface area contributed by atoms with E-state index in [1.54, 1.807) is 25.3 Å². The van der Waals surface area contributed by atoms with E-state index in [1.165, 1.54) is 12.1 Å². The third-order valence-electron chi connectivity index (χ3n) is 3.67. The molecule has 0 bridgehead atoms. The third kappa shape index (κ3) is 2.89. The highest BCUT2D eigenvalue weighted by Gasteiger charge is 2.08. The van der Waals surface area contributed by atoms with Gasteiger partial charge in [-0.2, -0.15) is 0 Å². The van der Waals surface area contributed by atoms with E-state index >= 15 is 0 Å². The van der Waals surface area contributed by atoms with E-state index in [2.05, 4.69) is 4.99 Å². The Bertz CT molecular complexity index is 933. The highest BCUT2D eigenvalue weighted by atomic mass is 16.6. The van der Waals surface area contributed by atoms with Crippen molar-refractivity contribution in [2.24, 2.45) is 4.99 Å². The maximum atomic E-state index is 10.8. The Kier molecular flexibility index (Phi) is 3.76. The molecule has 0 atom stereocenters. The van der Waals surface area contributed by atoms with Crippen LogP contribution in [-0.4, -0.2) is 16.2 Å². The Morgan fingerprint density at radius 1 is 1.13 bits per heavy atom. The summed E-state index contributed by atoms with van der Waals surface area (Å²) in [7, 11) is 0. The zero-order chi connectivity index (χ0) is 16.4. The van der Waals surface area contributed by atoms with E-state index < -0.39 is 4.92 Å². The smallest absolute Gasteiger partial charge is 0.269 e. The number of nitrogens with zero attached hydrogens (tertiary/aromatic N) is 2. The van der Waals surface area contributed by atoms with Crippen LogP contribution in [-0.2, 0) is 0 Å². The summed E-state index contributed by atoms with van der Waals surface area (Å²) in [5.74, 6) is 0.145. The summed E-state index contributed by atoms with van der Waals surface area (Å²) in [4.78, 5) is 14.7. The Balaban J connectivity index is 2.04. The van der Waals surface area contributed by atoms with Gasteiger partial charge in [-0.1, -0.05) is 30.3 Å². The van der Waals surface area contributed by atoms with Crippen molar-refractivity contribution in [3.8, 4) is 5.75 Å². The fraction of sp³-hybridized carbons (Fsp3) is 0.0556. The topological polar surface area (TPSA) is 75.7 Å². The highest BCUT2D eigenvalue weighted by molar-refractivity contribution is 6.03. The number of phenols is 1. The molecule has 0 aliphatic heterocycles. The average molecular weight is 306 g/mol. The molecule has 3 aromatic rings. The van der Waals surface area contributed by atoms with Gasteiger partial charge < -0.3 is 5.11 Å². The van der Waals surface area contributed by atoms with Crippen LogP contribution in [0.5, 0.6) is 5.75 Å². The van der Waals surface area contributed by atoms with Crippen LogP contribution >= 0.6 is 0 Å². The molecule has 114 valence electrons. The fourth-order valence-corrected chi connectivity index (χ4v) is 2.45. The number of nitro benzene ring substituents is 1. The van der Waals surface area contributed by atoms with E-state index in [-0.39, 0.29) is 11.4 Å². The Labute approximate surface area is 132 Å². The maximum absolute atomic E-state index is 10.8. The Hall–Kier alpha value is -3.21. The molecule has 0 fully saturated rings. The zero-order valence-corrected chi connectivity index (χ0v) is 12.4. The molecule has 0 unspecified atom stereocenters. The molecule has 1 N–H and O–H groups in total. The van der Waals surface area contributed by atoms with Crippen molar-refractivity contribution in [2.75, 3.05) is 0 Å². The summed E-state index contributed by atoms with van der Waals surface area (Å²) >= 11 is 0. The number of hydrogen-bond acceptors (Lipinski definition) is 4. The molecular formula is C18H14N2O3. The molecule has 0 heterocycles. The van der Waals surface area contributed by atoms with E-state index in [0.29, 0.717) is 16.8 Å². The molecule has 0 amide bonds. The van der Waals surface area contributed by atoms with Crippen molar-refractivity contribution in [1.29, 1.82) is 0 Å². The second-order valence-electron chi connectivity index (χ2n) is 5.21. The van der Waals surface area contributed by atoms with Crippen molar-refractivity contribution in [3.05, 3.63) is 75.8 Å². The Morgan fingerprint density at radius 3 is 2.65 bits per heavy atom. The number of rotatable bonds is 3. The van der Waals surface area contributed by atoms with Crippen molar-refractivity contribution in [2.45, 2.75) is 6.92 Å². The SMILES string of the molecule is Cc1cc([N+](=O)[O-])ccc1N=Cc1c(O)ccc2ccccc12. The third-order valence-corrected chi connectivity index (χ3v) is 3.67. The van der Waals surface area contributed by atoms with Gasteiger partial charge in [0.25, 0.3) is 5.69 Å².